The van der Waals surface area contributed by atoms with Crippen LogP contribution in [0.15, 0.2) is 0 Å². The van der Waals surface area contributed by atoms with Crippen molar-refractivity contribution >= 4 is 11.9 Å². The van der Waals surface area contributed by atoms with Crippen LogP contribution < -0.4 is 5.32 Å². The number of aliphatic carboxylic acids is 1. The molecule has 4 heteroatoms. The normalized spacial score (nSPS) is 8.23. The number of hydrogen-bond donors (Lipinski definition) is 2. The smallest absolute Gasteiger partial charge is 0.303 e. The van der Waals surface area contributed by atoms with Gasteiger partial charge in [0.15, 0.2) is 0 Å². The van der Waals surface area contributed by atoms with Gasteiger partial charge in [-0.15, -0.1) is 0 Å². The Labute approximate surface area is 79.3 Å². The SMILES string of the molecule is CCC.CCNC(=O)CCC(=O)O. The predicted octanol–water partition coefficient (Wildman–Crippen LogP) is 1.40. The van der Waals surface area contributed by atoms with Gasteiger partial charge in [0.25, 0.3) is 0 Å². The van der Waals surface area contributed by atoms with Gasteiger partial charge in [0, 0.05) is 13.0 Å². The third kappa shape index (κ3) is 18.2. The summed E-state index contributed by atoms with van der Waals surface area (Å²) in [6, 6.07) is 0. The van der Waals surface area contributed by atoms with E-state index in [9.17, 15) is 9.59 Å². The summed E-state index contributed by atoms with van der Waals surface area (Å²) in [5, 5.41) is 10.6. The van der Waals surface area contributed by atoms with Crippen molar-refractivity contribution < 1.29 is 14.7 Å². The third-order valence-corrected chi connectivity index (χ3v) is 0.940. The molecular weight excluding hydrogens is 170 g/mol. The molecule has 0 aromatic heterocycles. The van der Waals surface area contributed by atoms with Gasteiger partial charge in [0.05, 0.1) is 6.42 Å². The third-order valence-electron chi connectivity index (χ3n) is 0.940. The second-order valence-corrected chi connectivity index (χ2v) is 2.55. The molecule has 0 unspecified atom stereocenters. The summed E-state index contributed by atoms with van der Waals surface area (Å²) < 4.78 is 0. The number of nitrogens with one attached hydrogen (secondary N) is 1. The molecule has 0 heterocycles. The molecule has 0 bridgehead atoms. The van der Waals surface area contributed by atoms with Crippen LogP contribution in [-0.2, 0) is 9.59 Å². The topological polar surface area (TPSA) is 66.4 Å². The van der Waals surface area contributed by atoms with Gasteiger partial charge < -0.3 is 10.4 Å². The fourth-order valence-corrected chi connectivity index (χ4v) is 0.506. The molecule has 0 atom stereocenters. The summed E-state index contributed by atoms with van der Waals surface area (Å²) in [5.74, 6) is -1.14. The molecule has 78 valence electrons. The van der Waals surface area contributed by atoms with E-state index < -0.39 is 5.97 Å². The van der Waals surface area contributed by atoms with Crippen LogP contribution in [0.2, 0.25) is 0 Å². The van der Waals surface area contributed by atoms with Crippen LogP contribution in [0.4, 0.5) is 0 Å². The minimum atomic E-state index is -0.939. The second kappa shape index (κ2) is 10.9. The average molecular weight is 189 g/mol. The van der Waals surface area contributed by atoms with Crippen molar-refractivity contribution in [1.82, 2.24) is 5.32 Å². The van der Waals surface area contributed by atoms with E-state index in [-0.39, 0.29) is 18.7 Å². The monoisotopic (exact) mass is 189 g/mol. The van der Waals surface area contributed by atoms with Crippen LogP contribution in [0.25, 0.3) is 0 Å². The number of carboxylic acid groups (broad SMARTS) is 1. The lowest BCUT2D eigenvalue weighted by atomic mass is 10.3. The Morgan fingerprint density at radius 3 is 1.92 bits per heavy atom. The molecule has 0 aliphatic rings. The zero-order chi connectivity index (χ0) is 10.7. The first-order valence-electron chi connectivity index (χ1n) is 4.56. The number of amides is 1. The van der Waals surface area contributed by atoms with Crippen molar-refractivity contribution in [3.8, 4) is 0 Å². The van der Waals surface area contributed by atoms with Crippen LogP contribution in [0.1, 0.15) is 40.0 Å². The fourth-order valence-electron chi connectivity index (χ4n) is 0.506. The predicted molar refractivity (Wildman–Crippen MR) is 51.5 cm³/mol. The van der Waals surface area contributed by atoms with Gasteiger partial charge in [-0.1, -0.05) is 20.3 Å². The molecule has 2 N–H and O–H groups in total. The van der Waals surface area contributed by atoms with Crippen molar-refractivity contribution in [1.29, 1.82) is 0 Å². The van der Waals surface area contributed by atoms with E-state index in [0.29, 0.717) is 6.54 Å². The van der Waals surface area contributed by atoms with E-state index in [2.05, 4.69) is 19.2 Å². The molecule has 4 nitrogen and oxygen atoms in total. The maximum absolute atomic E-state index is 10.6. The summed E-state index contributed by atoms with van der Waals surface area (Å²) in [5.41, 5.74) is 0. The first-order chi connectivity index (χ1) is 6.08. The highest BCUT2D eigenvalue weighted by molar-refractivity contribution is 5.80. The largest absolute Gasteiger partial charge is 0.481 e. The summed E-state index contributed by atoms with van der Waals surface area (Å²) in [6.45, 7) is 6.59. The lowest BCUT2D eigenvalue weighted by molar-refractivity contribution is -0.138. The van der Waals surface area contributed by atoms with Gasteiger partial charge in [-0.25, -0.2) is 0 Å². The zero-order valence-electron chi connectivity index (χ0n) is 8.59. The van der Waals surface area contributed by atoms with Crippen LogP contribution in [0.5, 0.6) is 0 Å². The zero-order valence-corrected chi connectivity index (χ0v) is 8.59. The van der Waals surface area contributed by atoms with Crippen LogP contribution in [0, 0.1) is 0 Å². The minimum absolute atomic E-state index is 0.0726. The Balaban J connectivity index is 0. The molecule has 0 aliphatic carbocycles. The lowest BCUT2D eigenvalue weighted by Crippen LogP contribution is -2.22. The van der Waals surface area contributed by atoms with E-state index in [4.69, 9.17) is 5.11 Å². The standard InChI is InChI=1S/C6H11NO3.C3H8/c1-2-7-5(8)3-4-6(9)10;1-3-2/h2-4H2,1H3,(H,7,8)(H,9,10);3H2,1-2H3. The van der Waals surface area contributed by atoms with Gasteiger partial charge in [-0.2, -0.15) is 0 Å². The number of hydrogen-bond acceptors (Lipinski definition) is 2. The first-order valence-corrected chi connectivity index (χ1v) is 4.56. The Hall–Kier alpha value is -1.06. The van der Waals surface area contributed by atoms with Crippen molar-refractivity contribution in [2.75, 3.05) is 6.54 Å². The highest BCUT2D eigenvalue weighted by Crippen LogP contribution is 1.87. The Morgan fingerprint density at radius 2 is 1.62 bits per heavy atom. The van der Waals surface area contributed by atoms with E-state index in [1.54, 1.807) is 6.92 Å². The minimum Gasteiger partial charge on any atom is -0.481 e. The molecule has 0 fully saturated rings. The van der Waals surface area contributed by atoms with E-state index in [0.717, 1.165) is 0 Å². The quantitative estimate of drug-likeness (QED) is 0.702. The molecule has 0 saturated carbocycles. The fraction of sp³-hybridized carbons (Fsp3) is 0.778. The van der Waals surface area contributed by atoms with Crippen molar-refractivity contribution in [2.45, 2.75) is 40.0 Å². The Kier molecular flexibility index (Phi) is 12.2. The maximum Gasteiger partial charge on any atom is 0.303 e. The molecule has 0 aliphatic heterocycles. The number of carboxylic acids is 1. The van der Waals surface area contributed by atoms with Crippen molar-refractivity contribution in [2.24, 2.45) is 0 Å². The number of carbonyl (C=O) groups excluding carboxylic acids is 1. The average Bonchev–Trinajstić information content (AvgIpc) is 2.03. The van der Waals surface area contributed by atoms with E-state index in [1.807, 2.05) is 0 Å². The molecule has 0 rings (SSSR count). The molecular formula is C9H19NO3. The van der Waals surface area contributed by atoms with Gasteiger partial charge in [0.2, 0.25) is 5.91 Å². The molecule has 0 saturated heterocycles. The van der Waals surface area contributed by atoms with Gasteiger partial charge in [0.1, 0.15) is 0 Å². The second-order valence-electron chi connectivity index (χ2n) is 2.55. The number of carbonyl (C=O) groups is 2. The molecule has 1 amide bonds. The van der Waals surface area contributed by atoms with Crippen LogP contribution in [-0.4, -0.2) is 23.5 Å². The highest BCUT2D eigenvalue weighted by atomic mass is 16.4. The van der Waals surface area contributed by atoms with Crippen molar-refractivity contribution in [3.05, 3.63) is 0 Å². The van der Waals surface area contributed by atoms with Crippen LogP contribution in [0.3, 0.4) is 0 Å². The Morgan fingerprint density at radius 1 is 1.15 bits per heavy atom. The maximum atomic E-state index is 10.6. The molecule has 0 radical (unpaired) electrons. The Bertz CT molecular complexity index is 146. The number of rotatable bonds is 4. The highest BCUT2D eigenvalue weighted by Gasteiger charge is 2.02. The summed E-state index contributed by atoms with van der Waals surface area (Å²) in [4.78, 5) is 20.5. The molecule has 13 heavy (non-hydrogen) atoms. The molecule has 0 aromatic rings. The van der Waals surface area contributed by atoms with E-state index >= 15 is 0 Å². The summed E-state index contributed by atoms with van der Waals surface area (Å²) in [7, 11) is 0. The van der Waals surface area contributed by atoms with Gasteiger partial charge in [-0.05, 0) is 6.92 Å². The van der Waals surface area contributed by atoms with Gasteiger partial charge >= 0.3 is 5.97 Å². The van der Waals surface area contributed by atoms with Crippen LogP contribution >= 0.6 is 0 Å². The first kappa shape index (κ1) is 14.5. The summed E-state index contributed by atoms with van der Waals surface area (Å²) >= 11 is 0. The lowest BCUT2D eigenvalue weighted by Gasteiger charge is -1.97. The van der Waals surface area contributed by atoms with E-state index in [1.165, 1.54) is 6.42 Å². The molecule has 0 aromatic carbocycles. The summed E-state index contributed by atoms with van der Waals surface area (Å²) in [6.07, 6.45) is 1.23. The molecule has 0 spiro atoms. The van der Waals surface area contributed by atoms with Gasteiger partial charge in [-0.3, -0.25) is 9.59 Å². The van der Waals surface area contributed by atoms with Crippen molar-refractivity contribution in [3.63, 3.8) is 0 Å².